The third-order valence-corrected chi connectivity index (χ3v) is 3.50. The van der Waals surface area contributed by atoms with Crippen molar-refractivity contribution in [2.45, 2.75) is 12.8 Å². The minimum atomic E-state index is -0.749. The van der Waals surface area contributed by atoms with Crippen LogP contribution >= 0.6 is 0 Å². The predicted molar refractivity (Wildman–Crippen MR) is 75.0 cm³/mol. The summed E-state index contributed by atoms with van der Waals surface area (Å²) in [5, 5.41) is 0. The molecule has 1 aliphatic heterocycles. The molecule has 3 rings (SSSR count). The summed E-state index contributed by atoms with van der Waals surface area (Å²) >= 11 is 0. The molecule has 2 heterocycles. The number of nitrogens with zero attached hydrogens (tertiary/aromatic N) is 2. The number of hydrogen-bond acceptors (Lipinski definition) is 3. The second kappa shape index (κ2) is 4.92. The van der Waals surface area contributed by atoms with Crippen LogP contribution in [0.15, 0.2) is 36.5 Å². The van der Waals surface area contributed by atoms with Crippen LogP contribution in [0.3, 0.4) is 0 Å². The highest BCUT2D eigenvalue weighted by Crippen LogP contribution is 2.28. The molecule has 0 bridgehead atoms. The summed E-state index contributed by atoms with van der Waals surface area (Å²) in [5.74, 6) is -1.37. The van der Waals surface area contributed by atoms with Gasteiger partial charge in [-0.2, -0.15) is 0 Å². The van der Waals surface area contributed by atoms with Crippen LogP contribution in [0, 0.1) is 5.82 Å². The fourth-order valence-corrected chi connectivity index (χ4v) is 2.52. The first kappa shape index (κ1) is 12.6. The SMILES string of the molecule is Nc1nccc(C(=O)N2CCCc3ccccc32)c1F. The molecule has 20 heavy (non-hydrogen) atoms. The number of aryl methyl sites for hydroxylation is 1. The van der Waals surface area contributed by atoms with Crippen molar-refractivity contribution in [2.75, 3.05) is 17.2 Å². The van der Waals surface area contributed by atoms with Gasteiger partial charge >= 0.3 is 0 Å². The molecular formula is C15H14FN3O. The molecule has 1 aliphatic rings. The summed E-state index contributed by atoms with van der Waals surface area (Å²) in [6.07, 6.45) is 3.15. The number of nitrogens with two attached hydrogens (primary N) is 1. The normalized spacial score (nSPS) is 13.9. The van der Waals surface area contributed by atoms with Crippen molar-refractivity contribution in [2.24, 2.45) is 0 Å². The lowest BCUT2D eigenvalue weighted by atomic mass is 10.0. The Labute approximate surface area is 116 Å². The molecule has 5 heteroatoms. The average molecular weight is 271 g/mol. The molecule has 4 nitrogen and oxygen atoms in total. The molecule has 0 saturated carbocycles. The van der Waals surface area contributed by atoms with Crippen LogP contribution in [-0.2, 0) is 6.42 Å². The number of aromatic nitrogens is 1. The van der Waals surface area contributed by atoms with Gasteiger partial charge < -0.3 is 10.6 Å². The van der Waals surface area contributed by atoms with Crippen molar-refractivity contribution in [3.05, 3.63) is 53.5 Å². The number of carbonyl (C=O) groups is 1. The third-order valence-electron chi connectivity index (χ3n) is 3.50. The molecule has 0 atom stereocenters. The van der Waals surface area contributed by atoms with Gasteiger partial charge in [-0.1, -0.05) is 18.2 Å². The first-order valence-electron chi connectivity index (χ1n) is 6.48. The predicted octanol–water partition coefficient (Wildman–Crippen LogP) is 2.40. The largest absolute Gasteiger partial charge is 0.381 e. The maximum absolute atomic E-state index is 13.9. The van der Waals surface area contributed by atoms with Crippen molar-refractivity contribution in [3.8, 4) is 0 Å². The summed E-state index contributed by atoms with van der Waals surface area (Å²) in [7, 11) is 0. The molecule has 0 spiro atoms. The van der Waals surface area contributed by atoms with Crippen molar-refractivity contribution in [1.82, 2.24) is 4.98 Å². The summed E-state index contributed by atoms with van der Waals surface area (Å²) in [6, 6.07) is 9.06. The number of anilines is 2. The van der Waals surface area contributed by atoms with Gasteiger partial charge in [-0.15, -0.1) is 0 Å². The molecule has 0 radical (unpaired) electrons. The molecule has 0 fully saturated rings. The van der Waals surface area contributed by atoms with Crippen molar-refractivity contribution < 1.29 is 9.18 Å². The van der Waals surface area contributed by atoms with E-state index in [1.54, 1.807) is 4.90 Å². The molecular weight excluding hydrogens is 257 g/mol. The van der Waals surface area contributed by atoms with Crippen LogP contribution < -0.4 is 10.6 Å². The van der Waals surface area contributed by atoms with Gasteiger partial charge in [0, 0.05) is 18.4 Å². The zero-order valence-corrected chi connectivity index (χ0v) is 10.8. The number of nitrogen functional groups attached to an aromatic ring is 1. The summed E-state index contributed by atoms with van der Waals surface area (Å²) in [4.78, 5) is 17.8. The minimum absolute atomic E-state index is 0.0331. The van der Waals surface area contributed by atoms with E-state index >= 15 is 0 Å². The number of amides is 1. The van der Waals surface area contributed by atoms with Crippen LogP contribution in [0.25, 0.3) is 0 Å². The Morgan fingerprint density at radius 3 is 2.95 bits per heavy atom. The second-order valence-electron chi connectivity index (χ2n) is 4.75. The van der Waals surface area contributed by atoms with Crippen molar-refractivity contribution >= 4 is 17.4 Å². The van der Waals surface area contributed by atoms with Crippen LogP contribution in [0.2, 0.25) is 0 Å². The summed E-state index contributed by atoms with van der Waals surface area (Å²) in [6.45, 7) is 0.581. The number of halogens is 1. The summed E-state index contributed by atoms with van der Waals surface area (Å²) in [5.41, 5.74) is 7.34. The number of pyridine rings is 1. The molecule has 1 amide bonds. The van der Waals surface area contributed by atoms with E-state index in [4.69, 9.17) is 5.73 Å². The molecule has 0 unspecified atom stereocenters. The monoisotopic (exact) mass is 271 g/mol. The van der Waals surface area contributed by atoms with E-state index < -0.39 is 5.82 Å². The lowest BCUT2D eigenvalue weighted by molar-refractivity contribution is 0.0981. The van der Waals surface area contributed by atoms with E-state index in [1.807, 2.05) is 24.3 Å². The van der Waals surface area contributed by atoms with E-state index in [0.717, 1.165) is 24.1 Å². The lowest BCUT2D eigenvalue weighted by Crippen LogP contribution is -2.36. The Morgan fingerprint density at radius 2 is 2.10 bits per heavy atom. The third kappa shape index (κ3) is 2.01. The van der Waals surface area contributed by atoms with Crippen LogP contribution in [0.5, 0.6) is 0 Å². The van der Waals surface area contributed by atoms with E-state index in [2.05, 4.69) is 4.98 Å². The Balaban J connectivity index is 2.02. The molecule has 2 aromatic rings. The quantitative estimate of drug-likeness (QED) is 0.866. The Hall–Kier alpha value is -2.43. The Morgan fingerprint density at radius 1 is 1.30 bits per heavy atom. The zero-order chi connectivity index (χ0) is 14.1. The zero-order valence-electron chi connectivity index (χ0n) is 10.8. The van der Waals surface area contributed by atoms with Gasteiger partial charge in [0.05, 0.1) is 5.56 Å². The number of benzene rings is 1. The van der Waals surface area contributed by atoms with Gasteiger partial charge in [0.25, 0.3) is 5.91 Å². The molecule has 2 N–H and O–H groups in total. The van der Waals surface area contributed by atoms with Crippen LogP contribution in [0.1, 0.15) is 22.3 Å². The van der Waals surface area contributed by atoms with Crippen LogP contribution in [0.4, 0.5) is 15.9 Å². The summed E-state index contributed by atoms with van der Waals surface area (Å²) < 4.78 is 13.9. The number of rotatable bonds is 1. The fourth-order valence-electron chi connectivity index (χ4n) is 2.52. The number of carbonyl (C=O) groups excluding carboxylic acids is 1. The average Bonchev–Trinajstić information content (AvgIpc) is 2.49. The molecule has 102 valence electrons. The van der Waals surface area contributed by atoms with E-state index in [9.17, 15) is 9.18 Å². The number of hydrogen-bond donors (Lipinski definition) is 1. The van der Waals surface area contributed by atoms with Gasteiger partial charge in [-0.3, -0.25) is 4.79 Å². The minimum Gasteiger partial charge on any atom is -0.381 e. The lowest BCUT2D eigenvalue weighted by Gasteiger charge is -2.29. The first-order valence-corrected chi connectivity index (χ1v) is 6.48. The van der Waals surface area contributed by atoms with Gasteiger partial charge in [0.15, 0.2) is 11.6 Å². The highest BCUT2D eigenvalue weighted by Gasteiger charge is 2.25. The van der Waals surface area contributed by atoms with Gasteiger partial charge in [0.2, 0.25) is 0 Å². The smallest absolute Gasteiger partial charge is 0.261 e. The molecule has 1 aromatic carbocycles. The van der Waals surface area contributed by atoms with E-state index in [1.165, 1.54) is 12.3 Å². The van der Waals surface area contributed by atoms with E-state index in [-0.39, 0.29) is 17.3 Å². The Bertz CT molecular complexity index is 672. The first-order chi connectivity index (χ1) is 9.68. The van der Waals surface area contributed by atoms with Crippen molar-refractivity contribution in [3.63, 3.8) is 0 Å². The second-order valence-corrected chi connectivity index (χ2v) is 4.75. The molecule has 0 aliphatic carbocycles. The topological polar surface area (TPSA) is 59.2 Å². The molecule has 1 aromatic heterocycles. The maximum Gasteiger partial charge on any atom is 0.261 e. The van der Waals surface area contributed by atoms with Gasteiger partial charge in [-0.25, -0.2) is 9.37 Å². The highest BCUT2D eigenvalue weighted by molar-refractivity contribution is 6.07. The van der Waals surface area contributed by atoms with Gasteiger partial charge in [0.1, 0.15) is 0 Å². The van der Waals surface area contributed by atoms with Gasteiger partial charge in [-0.05, 0) is 30.5 Å². The number of fused-ring (bicyclic) bond motifs is 1. The molecule has 0 saturated heterocycles. The number of para-hydroxylation sites is 1. The highest BCUT2D eigenvalue weighted by atomic mass is 19.1. The maximum atomic E-state index is 13.9. The van der Waals surface area contributed by atoms with Crippen molar-refractivity contribution in [1.29, 1.82) is 0 Å². The Kier molecular flexibility index (Phi) is 3.10. The standard InChI is InChI=1S/C15H14FN3O/c16-13-11(7-8-18-14(13)17)15(20)19-9-3-5-10-4-1-2-6-12(10)19/h1-2,4,6-8H,3,5,9H2,(H2,17,18). The fraction of sp³-hybridized carbons (Fsp3) is 0.200. The van der Waals surface area contributed by atoms with Crippen LogP contribution in [-0.4, -0.2) is 17.4 Å². The van der Waals surface area contributed by atoms with E-state index in [0.29, 0.717) is 6.54 Å².